The van der Waals surface area contributed by atoms with Crippen LogP contribution in [0.5, 0.6) is 0 Å². The fourth-order valence-corrected chi connectivity index (χ4v) is 6.71. The third kappa shape index (κ3) is 3.92. The summed E-state index contributed by atoms with van der Waals surface area (Å²) in [5.41, 5.74) is 0.958. The quantitative estimate of drug-likeness (QED) is 0.817. The molecule has 2 heterocycles. The molecular weight excluding hydrogens is 396 g/mol. The van der Waals surface area contributed by atoms with Gasteiger partial charge in [-0.3, -0.25) is 4.79 Å². The number of hydrogen-bond donors (Lipinski definition) is 1. The molecule has 1 amide bonds. The minimum absolute atomic E-state index is 0.143. The highest BCUT2D eigenvalue weighted by atomic mass is 32.2. The molecule has 1 aliphatic heterocycles. The Bertz CT molecular complexity index is 936. The van der Waals surface area contributed by atoms with Crippen molar-refractivity contribution in [3.8, 4) is 0 Å². The summed E-state index contributed by atoms with van der Waals surface area (Å²) in [5.74, 6) is -0.157. The highest BCUT2D eigenvalue weighted by Gasteiger charge is 2.40. The van der Waals surface area contributed by atoms with Crippen molar-refractivity contribution >= 4 is 38.7 Å². The van der Waals surface area contributed by atoms with Gasteiger partial charge in [0.1, 0.15) is 22.0 Å². The molecule has 0 radical (unpaired) electrons. The summed E-state index contributed by atoms with van der Waals surface area (Å²) in [6.07, 6.45) is 9.14. The van der Waals surface area contributed by atoms with Crippen LogP contribution in [0.25, 0.3) is 11.0 Å². The maximum absolute atomic E-state index is 13.3. The van der Waals surface area contributed by atoms with Gasteiger partial charge in [0.15, 0.2) is 0 Å². The molecule has 7 nitrogen and oxygen atoms in total. The van der Waals surface area contributed by atoms with Crippen molar-refractivity contribution in [1.29, 1.82) is 0 Å². The Balaban J connectivity index is 1.54. The van der Waals surface area contributed by atoms with Crippen LogP contribution in [0.4, 0.5) is 0 Å². The van der Waals surface area contributed by atoms with Gasteiger partial charge in [-0.2, -0.15) is 13.1 Å². The van der Waals surface area contributed by atoms with E-state index in [4.69, 9.17) is 0 Å². The van der Waals surface area contributed by atoms with Crippen molar-refractivity contribution in [2.45, 2.75) is 74.8 Å². The molecule has 2 aliphatic rings. The fraction of sp³-hybridized carbons (Fsp3) is 0.632. The summed E-state index contributed by atoms with van der Waals surface area (Å²) in [6.45, 7) is 0.360. The standard InChI is InChI=1S/C19H26N4O3S2/c24-19(20-14-8-4-2-1-3-5-9-14)16-11-7-13-23(16)28(25,26)17-12-6-10-15-18(17)22-27-21-15/h6,10,12,14,16H,1-5,7-9,11,13H2,(H,20,24). The van der Waals surface area contributed by atoms with Crippen molar-refractivity contribution in [3.05, 3.63) is 18.2 Å². The van der Waals surface area contributed by atoms with Crippen LogP contribution in [0.3, 0.4) is 0 Å². The molecule has 1 N–H and O–H groups in total. The molecule has 28 heavy (non-hydrogen) atoms. The lowest BCUT2D eigenvalue weighted by Crippen LogP contribution is -2.48. The number of hydrogen-bond acceptors (Lipinski definition) is 6. The number of amides is 1. The second kappa shape index (κ2) is 8.42. The predicted octanol–water partition coefficient (Wildman–Crippen LogP) is 3.07. The van der Waals surface area contributed by atoms with Gasteiger partial charge in [0, 0.05) is 12.6 Å². The largest absolute Gasteiger partial charge is 0.352 e. The molecule has 1 aromatic carbocycles. The molecule has 0 bridgehead atoms. The molecule has 152 valence electrons. The van der Waals surface area contributed by atoms with Gasteiger partial charge < -0.3 is 5.32 Å². The number of rotatable bonds is 4. The molecule has 1 aromatic heterocycles. The van der Waals surface area contributed by atoms with Gasteiger partial charge in [-0.15, -0.1) is 0 Å². The summed E-state index contributed by atoms with van der Waals surface area (Å²) in [6, 6.07) is 4.50. The Morgan fingerprint density at radius 3 is 2.57 bits per heavy atom. The van der Waals surface area contributed by atoms with Crippen LogP contribution in [-0.4, -0.2) is 46.0 Å². The van der Waals surface area contributed by atoms with Crippen molar-refractivity contribution in [1.82, 2.24) is 18.4 Å². The van der Waals surface area contributed by atoms with E-state index in [-0.39, 0.29) is 16.8 Å². The van der Waals surface area contributed by atoms with Crippen LogP contribution in [0.1, 0.15) is 57.8 Å². The van der Waals surface area contributed by atoms with E-state index in [0.717, 1.165) is 37.4 Å². The summed E-state index contributed by atoms with van der Waals surface area (Å²) in [4.78, 5) is 13.1. The van der Waals surface area contributed by atoms with Crippen LogP contribution >= 0.6 is 11.7 Å². The van der Waals surface area contributed by atoms with Crippen LogP contribution in [0.15, 0.2) is 23.1 Å². The molecule has 1 unspecified atom stereocenters. The Morgan fingerprint density at radius 2 is 1.79 bits per heavy atom. The van der Waals surface area contributed by atoms with Gasteiger partial charge in [0.2, 0.25) is 15.9 Å². The van der Waals surface area contributed by atoms with Crippen LogP contribution in [0.2, 0.25) is 0 Å². The summed E-state index contributed by atoms with van der Waals surface area (Å²) >= 11 is 0.997. The minimum Gasteiger partial charge on any atom is -0.352 e. The Labute approximate surface area is 169 Å². The minimum atomic E-state index is -3.81. The predicted molar refractivity (Wildman–Crippen MR) is 109 cm³/mol. The van der Waals surface area contributed by atoms with E-state index in [2.05, 4.69) is 14.1 Å². The number of carbonyl (C=O) groups is 1. The van der Waals surface area contributed by atoms with Gasteiger partial charge >= 0.3 is 0 Å². The maximum Gasteiger partial charge on any atom is 0.246 e. The van der Waals surface area contributed by atoms with E-state index < -0.39 is 16.1 Å². The number of nitrogens with zero attached hydrogens (tertiary/aromatic N) is 3. The van der Waals surface area contributed by atoms with Crippen molar-refractivity contribution in [3.63, 3.8) is 0 Å². The zero-order valence-electron chi connectivity index (χ0n) is 15.8. The number of carbonyl (C=O) groups excluding carboxylic acids is 1. The molecule has 1 atom stereocenters. The summed E-state index contributed by atoms with van der Waals surface area (Å²) in [5, 5.41) is 3.14. The number of nitrogens with one attached hydrogen (secondary N) is 1. The molecule has 1 saturated carbocycles. The first-order valence-corrected chi connectivity index (χ1v) is 12.3. The second-order valence-corrected chi connectivity index (χ2v) is 10.1. The lowest BCUT2D eigenvalue weighted by atomic mass is 9.96. The molecule has 2 aromatic rings. The van der Waals surface area contributed by atoms with Gasteiger partial charge in [-0.25, -0.2) is 8.42 Å². The average Bonchev–Trinajstić information content (AvgIpc) is 3.32. The second-order valence-electron chi connectivity index (χ2n) is 7.71. The molecule has 4 rings (SSSR count). The van der Waals surface area contributed by atoms with Gasteiger partial charge in [0.25, 0.3) is 0 Å². The number of sulfonamides is 1. The number of aromatic nitrogens is 2. The fourth-order valence-electron chi connectivity index (χ4n) is 4.30. The zero-order chi connectivity index (χ0) is 19.6. The third-order valence-electron chi connectivity index (χ3n) is 5.79. The molecule has 1 aliphatic carbocycles. The van der Waals surface area contributed by atoms with E-state index >= 15 is 0 Å². The van der Waals surface area contributed by atoms with Crippen LogP contribution < -0.4 is 5.32 Å². The normalized spacial score (nSPS) is 22.8. The topological polar surface area (TPSA) is 92.3 Å². The third-order valence-corrected chi connectivity index (χ3v) is 8.28. The van der Waals surface area contributed by atoms with Crippen LogP contribution in [0, 0.1) is 0 Å². The van der Waals surface area contributed by atoms with E-state index in [1.165, 1.54) is 23.6 Å². The SMILES string of the molecule is O=C(NC1CCCCCCC1)C1CCCN1S(=O)(=O)c1cccc2nsnc12. The van der Waals surface area contributed by atoms with Crippen LogP contribution in [-0.2, 0) is 14.8 Å². The van der Waals surface area contributed by atoms with E-state index in [0.29, 0.717) is 30.4 Å². The highest BCUT2D eigenvalue weighted by molar-refractivity contribution is 7.89. The van der Waals surface area contributed by atoms with E-state index in [9.17, 15) is 13.2 Å². The Kier molecular flexibility index (Phi) is 5.93. The van der Waals surface area contributed by atoms with Crippen molar-refractivity contribution < 1.29 is 13.2 Å². The first-order valence-electron chi connectivity index (χ1n) is 10.1. The molecule has 1 saturated heterocycles. The van der Waals surface area contributed by atoms with Gasteiger partial charge in [0.05, 0.1) is 11.7 Å². The molecule has 9 heteroatoms. The van der Waals surface area contributed by atoms with E-state index in [1.807, 2.05) is 0 Å². The van der Waals surface area contributed by atoms with Gasteiger partial charge in [-0.05, 0) is 37.8 Å². The smallest absolute Gasteiger partial charge is 0.246 e. The molecule has 0 spiro atoms. The van der Waals surface area contributed by atoms with Crippen molar-refractivity contribution in [2.24, 2.45) is 0 Å². The maximum atomic E-state index is 13.3. The zero-order valence-corrected chi connectivity index (χ0v) is 17.5. The lowest BCUT2D eigenvalue weighted by Gasteiger charge is -2.27. The molecular formula is C19H26N4O3S2. The average molecular weight is 423 g/mol. The lowest BCUT2D eigenvalue weighted by molar-refractivity contribution is -0.125. The monoisotopic (exact) mass is 422 g/mol. The van der Waals surface area contributed by atoms with Gasteiger partial charge in [-0.1, -0.05) is 38.2 Å². The molecule has 2 fully saturated rings. The Hall–Kier alpha value is -1.58. The first-order chi connectivity index (χ1) is 13.6. The van der Waals surface area contributed by atoms with Crippen molar-refractivity contribution in [2.75, 3.05) is 6.54 Å². The number of benzene rings is 1. The Morgan fingerprint density at radius 1 is 1.04 bits per heavy atom. The van der Waals surface area contributed by atoms with E-state index in [1.54, 1.807) is 18.2 Å². The first kappa shape index (κ1) is 19.7. The highest BCUT2D eigenvalue weighted by Crippen LogP contribution is 2.30. The number of fused-ring (bicyclic) bond motifs is 1. The summed E-state index contributed by atoms with van der Waals surface area (Å²) in [7, 11) is -3.81. The summed E-state index contributed by atoms with van der Waals surface area (Å²) < 4.78 is 36.3.